The zero-order valence-corrected chi connectivity index (χ0v) is 33.3. The summed E-state index contributed by atoms with van der Waals surface area (Å²) in [6.45, 7) is 0.779. The Kier molecular flexibility index (Phi) is 16.8. The maximum absolute atomic E-state index is 12.5. The van der Waals surface area contributed by atoms with Gasteiger partial charge in [0.1, 0.15) is 42.4 Å². The van der Waals surface area contributed by atoms with Crippen molar-refractivity contribution in [1.29, 1.82) is 0 Å². The SMILES string of the molecule is CC(C(=O)SCCNC(=O)CCNC(=O)[C@H](O)C(C)(C)COP(=O)([O-])OP(=O)([O-])OC[C@H]1O[C@H](n2cnc3c(N)ncnc32)[C@H](O)[C@@H]1OP(=O)([O-])[O-])C(O)C(=O)[O-]. The van der Waals surface area contributed by atoms with Gasteiger partial charge in [-0.05, 0) is 0 Å². The van der Waals surface area contributed by atoms with Crippen molar-refractivity contribution in [1.82, 2.24) is 30.2 Å². The largest absolute Gasteiger partial charge is 0.790 e. The Hall–Kier alpha value is -3.01. The average molecular weight is 893 g/mol. The molecule has 27 nitrogen and oxygen atoms in total. The van der Waals surface area contributed by atoms with Crippen LogP contribution in [0.25, 0.3) is 11.2 Å². The lowest BCUT2D eigenvalue weighted by molar-refractivity contribution is -0.347. The summed E-state index contributed by atoms with van der Waals surface area (Å²) in [6, 6.07) is 0. The van der Waals surface area contributed by atoms with Gasteiger partial charge in [0.05, 0.1) is 39.3 Å². The quantitative estimate of drug-likeness (QED) is 0.0473. The highest BCUT2D eigenvalue weighted by molar-refractivity contribution is 8.13. The van der Waals surface area contributed by atoms with Crippen LogP contribution in [-0.2, 0) is 55.5 Å². The number of rotatable bonds is 22. The van der Waals surface area contributed by atoms with E-state index < -0.39 is 108 Å². The lowest BCUT2D eigenvalue weighted by atomic mass is 9.87. The van der Waals surface area contributed by atoms with E-state index in [0.717, 1.165) is 31.1 Å². The molecule has 1 aliphatic rings. The fourth-order valence-electron chi connectivity index (χ4n) is 4.72. The zero-order chi connectivity index (χ0) is 43.1. The third kappa shape index (κ3) is 14.1. The minimum absolute atomic E-state index is 0.0249. The number of fused-ring (bicyclic) bond motifs is 1. The number of nitrogen functional groups attached to an aromatic ring is 1. The number of thioether (sulfide) groups is 1. The highest BCUT2D eigenvalue weighted by Gasteiger charge is 2.47. The number of phosphoric acid groups is 3. The van der Waals surface area contributed by atoms with E-state index in [1.54, 1.807) is 0 Å². The second kappa shape index (κ2) is 19.8. The molecule has 3 heterocycles. The molecule has 1 saturated heterocycles. The summed E-state index contributed by atoms with van der Waals surface area (Å²) in [5, 5.41) is 45.3. The number of nitrogens with one attached hydrogen (secondary N) is 2. The number of aromatic nitrogens is 4. The van der Waals surface area contributed by atoms with E-state index in [1.165, 1.54) is 6.92 Å². The molecule has 0 radical (unpaired) electrons. The van der Waals surface area contributed by atoms with Crippen LogP contribution in [0.15, 0.2) is 12.7 Å². The minimum Gasteiger partial charge on any atom is -0.790 e. The third-order valence-corrected chi connectivity index (χ3v) is 11.9. The molecular weight excluding hydrogens is 855 g/mol. The van der Waals surface area contributed by atoms with Gasteiger partial charge in [-0.15, -0.1) is 0 Å². The monoisotopic (exact) mass is 892 g/mol. The van der Waals surface area contributed by atoms with Crippen LogP contribution in [0.2, 0.25) is 0 Å². The summed E-state index contributed by atoms with van der Waals surface area (Å²) in [5.74, 6) is -4.82. The maximum Gasteiger partial charge on any atom is 0.274 e. The van der Waals surface area contributed by atoms with E-state index in [2.05, 4.69) is 43.5 Å². The second-order valence-corrected chi connectivity index (χ2v) is 17.9. The molecule has 31 heteroatoms. The molecule has 9 atom stereocenters. The summed E-state index contributed by atoms with van der Waals surface area (Å²) < 4.78 is 60.3. The van der Waals surface area contributed by atoms with Crippen LogP contribution >= 0.6 is 35.2 Å². The highest BCUT2D eigenvalue weighted by atomic mass is 32.2. The number of aliphatic hydroxyl groups excluding tert-OH is 3. The second-order valence-electron chi connectivity index (χ2n) is 12.7. The van der Waals surface area contributed by atoms with Gasteiger partial charge in [0.15, 0.2) is 22.8 Å². The van der Waals surface area contributed by atoms with E-state index in [1.807, 2.05) is 0 Å². The Morgan fingerprint density at radius 1 is 1.05 bits per heavy atom. The molecule has 1 fully saturated rings. The van der Waals surface area contributed by atoms with E-state index in [4.69, 9.17) is 10.5 Å². The van der Waals surface area contributed by atoms with Gasteiger partial charge in [-0.1, -0.05) is 32.5 Å². The van der Waals surface area contributed by atoms with Gasteiger partial charge in [-0.2, -0.15) is 0 Å². The Bertz CT molecular complexity index is 1920. The molecule has 4 unspecified atom stereocenters. The van der Waals surface area contributed by atoms with Crippen LogP contribution in [-0.4, -0.2) is 120 Å². The number of nitrogens with two attached hydrogens (primary N) is 1. The van der Waals surface area contributed by atoms with Crippen molar-refractivity contribution in [2.24, 2.45) is 11.3 Å². The van der Waals surface area contributed by atoms with Crippen molar-refractivity contribution in [3.05, 3.63) is 12.7 Å². The third-order valence-electron chi connectivity index (χ3n) is 7.81. The predicted molar refractivity (Wildman–Crippen MR) is 178 cm³/mol. The summed E-state index contributed by atoms with van der Waals surface area (Å²) in [7, 11) is -17.7. The number of carbonyl (C=O) groups excluding carboxylic acids is 4. The Balaban J connectivity index is 1.48. The lowest BCUT2D eigenvalue weighted by Gasteiger charge is -2.36. The number of carbonyl (C=O) groups is 4. The van der Waals surface area contributed by atoms with Gasteiger partial charge in [0, 0.05) is 30.7 Å². The summed E-state index contributed by atoms with van der Waals surface area (Å²) in [5.41, 5.74) is 3.96. The normalized spacial score (nSPS) is 22.6. The smallest absolute Gasteiger partial charge is 0.274 e. The van der Waals surface area contributed by atoms with E-state index in [0.29, 0.717) is 11.8 Å². The predicted octanol–water partition coefficient (Wildman–Crippen LogP) is -6.12. The number of phosphoric ester groups is 3. The van der Waals surface area contributed by atoms with Crippen LogP contribution in [0, 0.1) is 11.3 Å². The topological polar surface area (TPSA) is 435 Å². The number of aliphatic hydroxyl groups is 3. The minimum atomic E-state index is -5.95. The molecule has 57 heavy (non-hydrogen) atoms. The van der Waals surface area contributed by atoms with Crippen molar-refractivity contribution in [3.8, 4) is 0 Å². The zero-order valence-electron chi connectivity index (χ0n) is 29.8. The highest BCUT2D eigenvalue weighted by Crippen LogP contribution is 2.56. The van der Waals surface area contributed by atoms with Crippen LogP contribution in [0.3, 0.4) is 0 Å². The maximum atomic E-state index is 12.5. The number of aliphatic carboxylic acids is 1. The number of hydrogen-bond donors (Lipinski definition) is 6. The number of carboxylic acid groups (broad SMARTS) is 1. The van der Waals surface area contributed by atoms with Crippen molar-refractivity contribution >= 4 is 75.1 Å². The van der Waals surface area contributed by atoms with Crippen LogP contribution in [0.4, 0.5) is 5.82 Å². The first kappa shape index (κ1) is 48.4. The van der Waals surface area contributed by atoms with Crippen molar-refractivity contribution in [2.45, 2.75) is 63.9 Å². The van der Waals surface area contributed by atoms with Crippen molar-refractivity contribution in [3.63, 3.8) is 0 Å². The molecule has 3 rings (SSSR count). The Morgan fingerprint density at radius 3 is 2.33 bits per heavy atom. The molecule has 0 spiro atoms. The summed E-state index contributed by atoms with van der Waals surface area (Å²) in [4.78, 5) is 106. The number of amides is 2. The standard InChI is InChI=1S/C26H42N7O20P3S/c1-12(16(35)24(39)40)25(41)57-7-6-28-14(34)4-5-29-22(38)19(37)26(2,3)9-50-56(47,48)53-55(45,46)49-8-13-18(52-54(42,43)44)17(36)23(51-13)33-11-32-15-20(27)30-10-31-21(15)33/h10-13,16-19,23,35-37H,4-9H2,1-3H3,(H,28,34)(H,29,38)(H,39,40)(H,45,46)(H,47,48)(H2,27,30,31)(H2,42,43,44)/p-5/t12?,13-,16?,17-,18-,19+,23+/m1/s1. The van der Waals surface area contributed by atoms with Crippen LogP contribution < -0.4 is 41.0 Å². The van der Waals surface area contributed by atoms with Gasteiger partial charge in [-0.25, -0.2) is 19.3 Å². The molecule has 0 saturated carbocycles. The van der Waals surface area contributed by atoms with Crippen LogP contribution in [0.1, 0.15) is 33.4 Å². The van der Waals surface area contributed by atoms with Crippen LogP contribution in [0.5, 0.6) is 0 Å². The fraction of sp³-hybridized carbons (Fsp3) is 0.654. The average Bonchev–Trinajstić information content (AvgIpc) is 3.67. The van der Waals surface area contributed by atoms with E-state index in [-0.39, 0.29) is 42.2 Å². The number of hydrogen-bond acceptors (Lipinski definition) is 25. The van der Waals surface area contributed by atoms with Gasteiger partial charge in [0.25, 0.3) is 15.6 Å². The van der Waals surface area contributed by atoms with Gasteiger partial charge < -0.3 is 84.0 Å². The Morgan fingerprint density at radius 2 is 1.70 bits per heavy atom. The van der Waals surface area contributed by atoms with Gasteiger partial charge >= 0.3 is 0 Å². The summed E-state index contributed by atoms with van der Waals surface area (Å²) in [6.07, 6.45) is -9.89. The first-order chi connectivity index (χ1) is 26.2. The Labute approximate surface area is 326 Å². The molecule has 2 aromatic rings. The molecule has 2 amide bonds. The molecule has 0 aliphatic carbocycles. The molecule has 7 N–H and O–H groups in total. The summed E-state index contributed by atoms with van der Waals surface area (Å²) >= 11 is 0.661. The number of anilines is 1. The fourth-order valence-corrected chi connectivity index (χ4v) is 8.26. The van der Waals surface area contributed by atoms with Crippen molar-refractivity contribution < 1.29 is 95.5 Å². The number of imidazole rings is 1. The van der Waals surface area contributed by atoms with Gasteiger partial charge in [-0.3, -0.25) is 28.1 Å². The lowest BCUT2D eigenvalue weighted by Crippen LogP contribution is -2.46. The molecule has 0 bridgehead atoms. The van der Waals surface area contributed by atoms with E-state index in [9.17, 15) is 72.9 Å². The molecule has 1 aliphatic heterocycles. The molecular formula is C26H37N7O20P3S-5. The number of nitrogens with zero attached hydrogens (tertiary/aromatic N) is 4. The molecule has 0 aromatic carbocycles. The first-order valence-corrected chi connectivity index (χ1v) is 21.5. The molecule has 322 valence electrons. The van der Waals surface area contributed by atoms with E-state index >= 15 is 0 Å². The molecule has 2 aromatic heterocycles. The van der Waals surface area contributed by atoms with Crippen molar-refractivity contribution in [2.75, 3.05) is 37.8 Å². The number of ether oxygens (including phenoxy) is 1. The first-order valence-electron chi connectivity index (χ1n) is 16.1. The van der Waals surface area contributed by atoms with Gasteiger partial charge in [0.2, 0.25) is 11.8 Å². The number of carboxylic acids is 1.